The number of hydrogen-bond donors (Lipinski definition) is 1. The largest absolute Gasteiger partial charge is 0.479 e. The number of rotatable bonds is 6. The molecule has 1 N–H and O–H groups in total. The van der Waals surface area contributed by atoms with Crippen molar-refractivity contribution in [3.63, 3.8) is 0 Å². The molecule has 10 heteroatoms. The molecule has 6 nitrogen and oxygen atoms in total. The Labute approximate surface area is 164 Å². The molecule has 0 saturated carbocycles. The van der Waals surface area contributed by atoms with Crippen molar-refractivity contribution in [1.29, 1.82) is 0 Å². The quantitative estimate of drug-likeness (QED) is 0.645. The third-order valence-corrected chi connectivity index (χ3v) is 6.05. The lowest BCUT2D eigenvalue weighted by Crippen LogP contribution is -2.22. The van der Waals surface area contributed by atoms with Crippen molar-refractivity contribution < 1.29 is 36.2 Å². The number of alkyl halides is 3. The predicted octanol–water partition coefficient (Wildman–Crippen LogP) is 3.89. The van der Waals surface area contributed by atoms with Gasteiger partial charge in [0.2, 0.25) is 0 Å². The highest BCUT2D eigenvalue weighted by Gasteiger charge is 2.32. The fourth-order valence-corrected chi connectivity index (χ4v) is 4.34. The second-order valence-corrected chi connectivity index (χ2v) is 8.07. The number of nitrogens with zero attached hydrogens (tertiary/aromatic N) is 1. The molecule has 2 aromatic carbocycles. The summed E-state index contributed by atoms with van der Waals surface area (Å²) in [6.07, 6.45) is -5.82. The van der Waals surface area contributed by atoms with E-state index < -0.39 is 40.4 Å². The van der Waals surface area contributed by atoms with Crippen molar-refractivity contribution in [3.8, 4) is 0 Å². The normalized spacial score (nSPS) is 13.5. The van der Waals surface area contributed by atoms with Crippen LogP contribution in [0.3, 0.4) is 0 Å². The van der Waals surface area contributed by atoms with E-state index in [1.54, 1.807) is 6.07 Å². The number of carboxylic acids is 1. The van der Waals surface area contributed by atoms with Crippen LogP contribution >= 0.6 is 0 Å². The Morgan fingerprint density at radius 3 is 2.38 bits per heavy atom. The van der Waals surface area contributed by atoms with Gasteiger partial charge in [0.05, 0.1) is 28.3 Å². The average molecular weight is 427 g/mol. The van der Waals surface area contributed by atoms with Crippen molar-refractivity contribution in [2.75, 3.05) is 0 Å². The highest BCUT2D eigenvalue weighted by atomic mass is 32.2. The molecule has 154 valence electrons. The van der Waals surface area contributed by atoms with Gasteiger partial charge in [0.1, 0.15) is 0 Å². The van der Waals surface area contributed by atoms with Crippen LogP contribution in [0.25, 0.3) is 10.9 Å². The molecule has 0 spiro atoms. The lowest BCUT2D eigenvalue weighted by atomic mass is 10.1. The van der Waals surface area contributed by atoms with E-state index in [-0.39, 0.29) is 21.5 Å². The minimum atomic E-state index is -4.59. The van der Waals surface area contributed by atoms with Gasteiger partial charge in [0.25, 0.3) is 10.0 Å². The first-order valence-corrected chi connectivity index (χ1v) is 9.82. The maximum atomic E-state index is 13.2. The molecule has 0 radical (unpaired) electrons. The summed E-state index contributed by atoms with van der Waals surface area (Å²) in [6, 6.07) is 11.3. The highest BCUT2D eigenvalue weighted by molar-refractivity contribution is 7.90. The predicted molar refractivity (Wildman–Crippen MR) is 97.9 cm³/mol. The zero-order valence-corrected chi connectivity index (χ0v) is 15.9. The molecule has 0 amide bonds. The summed E-state index contributed by atoms with van der Waals surface area (Å²) >= 11 is 0. The van der Waals surface area contributed by atoms with E-state index in [1.165, 1.54) is 37.3 Å². The fraction of sp³-hybridized carbons (Fsp3) is 0.211. The van der Waals surface area contributed by atoms with Crippen LogP contribution < -0.4 is 0 Å². The van der Waals surface area contributed by atoms with E-state index in [4.69, 9.17) is 9.84 Å². The first-order valence-electron chi connectivity index (χ1n) is 8.38. The maximum Gasteiger partial charge on any atom is 0.416 e. The Morgan fingerprint density at radius 1 is 1.14 bits per heavy atom. The molecular formula is C19H16F3NO5S. The number of aliphatic carboxylic acids is 1. The SMILES string of the molecule is CC(OCc1cc2cc(C(F)(F)F)ccc2n1S(=O)(=O)c1ccccc1)C(=O)O. The third-order valence-electron chi connectivity index (χ3n) is 4.27. The monoisotopic (exact) mass is 427 g/mol. The minimum absolute atomic E-state index is 0.0104. The maximum absolute atomic E-state index is 13.2. The van der Waals surface area contributed by atoms with Crippen LogP contribution in [-0.2, 0) is 32.3 Å². The molecule has 0 aliphatic rings. The Kier molecular flexibility index (Phi) is 5.42. The lowest BCUT2D eigenvalue weighted by molar-refractivity contribution is -0.150. The third kappa shape index (κ3) is 4.13. The van der Waals surface area contributed by atoms with Gasteiger partial charge in [0, 0.05) is 5.39 Å². The van der Waals surface area contributed by atoms with Gasteiger partial charge in [-0.15, -0.1) is 0 Å². The van der Waals surface area contributed by atoms with Gasteiger partial charge in [-0.3, -0.25) is 0 Å². The van der Waals surface area contributed by atoms with Gasteiger partial charge in [-0.1, -0.05) is 18.2 Å². The van der Waals surface area contributed by atoms with Gasteiger partial charge < -0.3 is 9.84 Å². The van der Waals surface area contributed by atoms with Crippen LogP contribution in [0.1, 0.15) is 18.2 Å². The Balaban J connectivity index is 2.19. The Morgan fingerprint density at radius 2 is 1.79 bits per heavy atom. The number of carbonyl (C=O) groups is 1. The van der Waals surface area contributed by atoms with E-state index in [9.17, 15) is 26.4 Å². The molecule has 1 unspecified atom stereocenters. The molecule has 29 heavy (non-hydrogen) atoms. The number of carboxylic acid groups (broad SMARTS) is 1. The topological polar surface area (TPSA) is 85.6 Å². The van der Waals surface area contributed by atoms with E-state index in [0.717, 1.165) is 22.2 Å². The molecular weight excluding hydrogens is 411 g/mol. The zero-order valence-electron chi connectivity index (χ0n) is 15.1. The first kappa shape index (κ1) is 20.9. The number of benzene rings is 2. The zero-order chi connectivity index (χ0) is 21.4. The number of halogens is 3. The van der Waals surface area contributed by atoms with Crippen LogP contribution in [0.2, 0.25) is 0 Å². The minimum Gasteiger partial charge on any atom is -0.479 e. The molecule has 1 atom stereocenters. The van der Waals surface area contributed by atoms with Gasteiger partial charge >= 0.3 is 12.1 Å². The van der Waals surface area contributed by atoms with Crippen molar-refractivity contribution in [2.45, 2.75) is 30.7 Å². The van der Waals surface area contributed by atoms with Crippen molar-refractivity contribution in [2.24, 2.45) is 0 Å². The lowest BCUT2D eigenvalue weighted by Gasteiger charge is -2.14. The Bertz CT molecular complexity index is 1150. The van der Waals surface area contributed by atoms with Crippen molar-refractivity contribution in [1.82, 2.24) is 3.97 Å². The van der Waals surface area contributed by atoms with Gasteiger partial charge in [0.15, 0.2) is 6.10 Å². The molecule has 0 aliphatic heterocycles. The molecule has 3 rings (SSSR count). The van der Waals surface area contributed by atoms with E-state index in [0.29, 0.717) is 0 Å². The number of aromatic nitrogens is 1. The van der Waals surface area contributed by atoms with Crippen LogP contribution in [0.5, 0.6) is 0 Å². The van der Waals surface area contributed by atoms with Crippen LogP contribution in [0.15, 0.2) is 59.5 Å². The fourth-order valence-electron chi connectivity index (χ4n) is 2.79. The van der Waals surface area contributed by atoms with Gasteiger partial charge in [-0.2, -0.15) is 13.2 Å². The van der Waals surface area contributed by atoms with Gasteiger partial charge in [-0.05, 0) is 43.3 Å². The summed E-state index contributed by atoms with van der Waals surface area (Å²) in [5, 5.41) is 9.00. The number of ether oxygens (including phenoxy) is 1. The summed E-state index contributed by atoms with van der Waals surface area (Å²) in [7, 11) is -4.16. The summed E-state index contributed by atoms with van der Waals surface area (Å²) in [5.74, 6) is -1.25. The van der Waals surface area contributed by atoms with E-state index in [1.807, 2.05) is 0 Å². The molecule has 0 saturated heterocycles. The van der Waals surface area contributed by atoms with Crippen molar-refractivity contribution in [3.05, 3.63) is 65.9 Å². The molecule has 1 aromatic heterocycles. The average Bonchev–Trinajstić information content (AvgIpc) is 3.04. The summed E-state index contributed by atoms with van der Waals surface area (Å²) < 4.78 is 71.5. The Hall–Kier alpha value is -2.85. The molecule has 0 fully saturated rings. The highest BCUT2D eigenvalue weighted by Crippen LogP contribution is 2.34. The second-order valence-electron chi connectivity index (χ2n) is 6.28. The molecule has 1 heterocycles. The standard InChI is InChI=1S/C19H16F3NO5S/c1-12(18(24)25)28-11-15-10-13-9-14(19(20,21)22)7-8-17(13)23(15)29(26,27)16-5-3-2-4-6-16/h2-10,12H,11H2,1H3,(H,24,25). The summed E-state index contributed by atoms with van der Waals surface area (Å²) in [6.45, 7) is 0.846. The van der Waals surface area contributed by atoms with E-state index >= 15 is 0 Å². The van der Waals surface area contributed by atoms with Crippen molar-refractivity contribution >= 4 is 26.9 Å². The second kappa shape index (κ2) is 7.53. The summed E-state index contributed by atoms with van der Waals surface area (Å²) in [4.78, 5) is 10.9. The van der Waals surface area contributed by atoms with Crippen LogP contribution in [0, 0.1) is 0 Å². The van der Waals surface area contributed by atoms with Crippen LogP contribution in [-0.4, -0.2) is 29.6 Å². The first-order chi connectivity index (χ1) is 13.5. The van der Waals surface area contributed by atoms with Gasteiger partial charge in [-0.25, -0.2) is 17.2 Å². The molecule has 0 bridgehead atoms. The molecule has 0 aliphatic carbocycles. The molecule has 3 aromatic rings. The van der Waals surface area contributed by atoms with Crippen LogP contribution in [0.4, 0.5) is 13.2 Å². The smallest absolute Gasteiger partial charge is 0.416 e. The number of fused-ring (bicyclic) bond motifs is 1. The van der Waals surface area contributed by atoms with E-state index in [2.05, 4.69) is 0 Å². The summed E-state index contributed by atoms with van der Waals surface area (Å²) in [5.41, 5.74) is -0.884. The number of hydrogen-bond acceptors (Lipinski definition) is 4.